The summed E-state index contributed by atoms with van der Waals surface area (Å²) < 4.78 is 4.90. The van der Waals surface area contributed by atoms with Crippen molar-refractivity contribution in [3.05, 3.63) is 0 Å². The number of rotatable bonds is 4. The Morgan fingerprint density at radius 3 is 2.54 bits per heavy atom. The van der Waals surface area contributed by atoms with Crippen LogP contribution in [0.15, 0.2) is 0 Å². The van der Waals surface area contributed by atoms with Crippen molar-refractivity contribution in [2.75, 3.05) is 19.7 Å². The van der Waals surface area contributed by atoms with Crippen molar-refractivity contribution >= 4 is 29.7 Å². The van der Waals surface area contributed by atoms with Gasteiger partial charge >= 0.3 is 12.0 Å². The van der Waals surface area contributed by atoms with Crippen LogP contribution in [0.3, 0.4) is 0 Å². The molecule has 0 radical (unpaired) electrons. The number of hydrogen-bond donors (Lipinski definition) is 1. The van der Waals surface area contributed by atoms with Crippen molar-refractivity contribution in [1.82, 2.24) is 15.1 Å². The number of nitrogens with one attached hydrogen (secondary N) is 1. The summed E-state index contributed by atoms with van der Waals surface area (Å²) in [6.07, 6.45) is 2.90. The Morgan fingerprint density at radius 1 is 1.21 bits per heavy atom. The van der Waals surface area contributed by atoms with Gasteiger partial charge in [0, 0.05) is 13.0 Å². The molecule has 2 atom stereocenters. The Labute approximate surface area is 163 Å². The molecule has 1 spiro atoms. The smallest absolute Gasteiger partial charge is 0.326 e. The number of imide groups is 2. The van der Waals surface area contributed by atoms with Crippen molar-refractivity contribution < 1.29 is 28.7 Å². The molecule has 0 aromatic carbocycles. The highest BCUT2D eigenvalue weighted by atomic mass is 16.5. The average molecular weight is 393 g/mol. The maximum Gasteiger partial charge on any atom is 0.326 e. The van der Waals surface area contributed by atoms with Crippen molar-refractivity contribution in [2.45, 2.75) is 58.4 Å². The maximum absolute atomic E-state index is 13.0. The van der Waals surface area contributed by atoms with E-state index in [4.69, 9.17) is 4.74 Å². The monoisotopic (exact) mass is 393 g/mol. The van der Waals surface area contributed by atoms with E-state index in [9.17, 15) is 24.0 Å². The minimum Gasteiger partial charge on any atom is -0.454 e. The zero-order valence-electron chi connectivity index (χ0n) is 16.6. The lowest BCUT2D eigenvalue weighted by atomic mass is 9.64. The van der Waals surface area contributed by atoms with Gasteiger partial charge in [0.25, 0.3) is 11.8 Å². The molecule has 2 aliphatic heterocycles. The van der Waals surface area contributed by atoms with Gasteiger partial charge in [-0.05, 0) is 37.0 Å². The molecule has 1 aliphatic carbocycles. The molecule has 0 aromatic heterocycles. The molecule has 0 aromatic rings. The Bertz CT molecular complexity index is 733. The molecule has 3 rings (SSSR count). The highest BCUT2D eigenvalue weighted by Crippen LogP contribution is 2.46. The second kappa shape index (κ2) is 7.18. The Kier molecular flexibility index (Phi) is 5.20. The number of carbonyl (C=O) groups is 5. The topological polar surface area (TPSA) is 113 Å². The Balaban J connectivity index is 1.59. The molecular formula is C19H27N3O6. The quantitative estimate of drug-likeness (QED) is 0.559. The maximum atomic E-state index is 13.0. The first-order chi connectivity index (χ1) is 13.0. The zero-order valence-corrected chi connectivity index (χ0v) is 16.6. The van der Waals surface area contributed by atoms with E-state index in [1.165, 1.54) is 0 Å². The van der Waals surface area contributed by atoms with Crippen LogP contribution in [0.25, 0.3) is 0 Å². The van der Waals surface area contributed by atoms with Gasteiger partial charge < -0.3 is 10.1 Å². The molecular weight excluding hydrogens is 366 g/mol. The number of esters is 1. The van der Waals surface area contributed by atoms with Crippen LogP contribution in [0, 0.1) is 11.3 Å². The third-order valence-corrected chi connectivity index (χ3v) is 5.64. The van der Waals surface area contributed by atoms with Crippen LogP contribution in [-0.4, -0.2) is 64.8 Å². The van der Waals surface area contributed by atoms with E-state index in [0.717, 1.165) is 16.2 Å². The highest BCUT2D eigenvalue weighted by molar-refractivity contribution is 6.09. The average Bonchev–Trinajstić information content (AvgIpc) is 3.08. The fourth-order valence-electron chi connectivity index (χ4n) is 4.96. The first kappa shape index (κ1) is 20.3. The molecule has 1 N–H and O–H groups in total. The van der Waals surface area contributed by atoms with Crippen LogP contribution < -0.4 is 5.32 Å². The van der Waals surface area contributed by atoms with E-state index in [1.54, 1.807) is 0 Å². The summed E-state index contributed by atoms with van der Waals surface area (Å²) in [7, 11) is 0. The van der Waals surface area contributed by atoms with E-state index in [1.807, 2.05) is 6.92 Å². The standard InChI is InChI=1S/C19H27N3O6/c1-12-7-18(2,3)11-19(8-12)16(26)22(17(27)20-19)9-15(25)28-10-14(24)21-6-4-5-13(21)23/h12H,4-11H2,1-3H3,(H,20,27). The summed E-state index contributed by atoms with van der Waals surface area (Å²) in [6.45, 7) is 5.35. The van der Waals surface area contributed by atoms with Gasteiger partial charge in [-0.2, -0.15) is 0 Å². The van der Waals surface area contributed by atoms with Gasteiger partial charge in [-0.3, -0.25) is 29.0 Å². The van der Waals surface area contributed by atoms with Gasteiger partial charge in [-0.15, -0.1) is 0 Å². The number of ether oxygens (including phenoxy) is 1. The highest BCUT2D eigenvalue weighted by Gasteiger charge is 2.56. The van der Waals surface area contributed by atoms with Gasteiger partial charge in [0.15, 0.2) is 6.61 Å². The van der Waals surface area contributed by atoms with Crippen LogP contribution in [0.2, 0.25) is 0 Å². The molecule has 2 saturated heterocycles. The number of amides is 5. The summed E-state index contributed by atoms with van der Waals surface area (Å²) in [5.74, 6) is -1.90. The summed E-state index contributed by atoms with van der Waals surface area (Å²) >= 11 is 0. The summed E-state index contributed by atoms with van der Waals surface area (Å²) in [4.78, 5) is 62.8. The van der Waals surface area contributed by atoms with Gasteiger partial charge in [-0.1, -0.05) is 20.8 Å². The number of likely N-dealkylation sites (tertiary alicyclic amines) is 1. The van der Waals surface area contributed by atoms with Crippen LogP contribution in [0.1, 0.15) is 52.9 Å². The number of hydrogen-bond acceptors (Lipinski definition) is 6. The van der Waals surface area contributed by atoms with Crippen molar-refractivity contribution in [2.24, 2.45) is 11.3 Å². The van der Waals surface area contributed by atoms with E-state index >= 15 is 0 Å². The molecule has 2 heterocycles. The predicted molar refractivity (Wildman–Crippen MR) is 96.7 cm³/mol. The van der Waals surface area contributed by atoms with Gasteiger partial charge in [0.1, 0.15) is 12.1 Å². The number of urea groups is 1. The van der Waals surface area contributed by atoms with E-state index in [-0.39, 0.29) is 17.2 Å². The molecule has 28 heavy (non-hydrogen) atoms. The molecule has 2 unspecified atom stereocenters. The fraction of sp³-hybridized carbons (Fsp3) is 0.737. The largest absolute Gasteiger partial charge is 0.454 e. The van der Waals surface area contributed by atoms with Crippen molar-refractivity contribution in [1.29, 1.82) is 0 Å². The Hall–Kier alpha value is -2.45. The second-order valence-corrected chi connectivity index (χ2v) is 8.96. The lowest BCUT2D eigenvalue weighted by Gasteiger charge is -2.43. The molecule has 3 aliphatic rings. The molecule has 9 nitrogen and oxygen atoms in total. The Morgan fingerprint density at radius 2 is 1.93 bits per heavy atom. The molecule has 154 valence electrons. The zero-order chi connectivity index (χ0) is 20.7. The molecule has 3 fully saturated rings. The third kappa shape index (κ3) is 3.88. The van der Waals surface area contributed by atoms with Crippen LogP contribution >= 0.6 is 0 Å². The molecule has 1 saturated carbocycles. The van der Waals surface area contributed by atoms with Gasteiger partial charge in [0.05, 0.1) is 0 Å². The summed E-state index contributed by atoms with van der Waals surface area (Å²) in [6, 6.07) is -0.618. The van der Waals surface area contributed by atoms with Crippen LogP contribution in [0.5, 0.6) is 0 Å². The summed E-state index contributed by atoms with van der Waals surface area (Å²) in [5.41, 5.74) is -1.10. The minimum atomic E-state index is -0.990. The predicted octanol–water partition coefficient (Wildman–Crippen LogP) is 0.815. The number of carbonyl (C=O) groups excluding carboxylic acids is 5. The number of nitrogens with zero attached hydrogens (tertiary/aromatic N) is 2. The first-order valence-corrected chi connectivity index (χ1v) is 9.66. The van der Waals surface area contributed by atoms with Gasteiger partial charge in [-0.25, -0.2) is 4.79 Å². The van der Waals surface area contributed by atoms with E-state index in [0.29, 0.717) is 32.2 Å². The van der Waals surface area contributed by atoms with E-state index in [2.05, 4.69) is 19.2 Å². The summed E-state index contributed by atoms with van der Waals surface area (Å²) in [5, 5.41) is 2.79. The van der Waals surface area contributed by atoms with Crippen molar-refractivity contribution in [3.8, 4) is 0 Å². The van der Waals surface area contributed by atoms with Crippen LogP contribution in [-0.2, 0) is 23.9 Å². The lowest BCUT2D eigenvalue weighted by molar-refractivity contribution is -0.156. The molecule has 9 heteroatoms. The van der Waals surface area contributed by atoms with Crippen LogP contribution in [0.4, 0.5) is 4.79 Å². The normalized spacial score (nSPS) is 29.4. The van der Waals surface area contributed by atoms with E-state index < -0.39 is 42.5 Å². The SMILES string of the molecule is CC1CC(C)(C)CC2(C1)NC(=O)N(CC(=O)OCC(=O)N1CCCC1=O)C2=O. The second-order valence-electron chi connectivity index (χ2n) is 8.96. The third-order valence-electron chi connectivity index (χ3n) is 5.64. The fourth-order valence-corrected chi connectivity index (χ4v) is 4.96. The van der Waals surface area contributed by atoms with Crippen molar-refractivity contribution in [3.63, 3.8) is 0 Å². The lowest BCUT2D eigenvalue weighted by Crippen LogP contribution is -2.54. The first-order valence-electron chi connectivity index (χ1n) is 9.66. The van der Waals surface area contributed by atoms with Gasteiger partial charge in [0.2, 0.25) is 5.91 Å². The molecule has 5 amide bonds. The minimum absolute atomic E-state index is 0.105. The molecule has 0 bridgehead atoms.